The number of amides is 1. The minimum absolute atomic E-state index is 0.0247. The molecule has 0 fully saturated rings. The maximum Gasteiger partial charge on any atom is 0.256 e. The normalized spacial score (nSPS) is 10.7. The van der Waals surface area contributed by atoms with Gasteiger partial charge in [0.2, 0.25) is 0 Å². The molecule has 0 atom stereocenters. The molecule has 3 rings (SSSR count). The van der Waals surface area contributed by atoms with Crippen LogP contribution < -0.4 is 0 Å². The van der Waals surface area contributed by atoms with Crippen molar-refractivity contribution in [1.29, 1.82) is 0 Å². The SMILES string of the molecule is CSc1ncccc1C(=O)N(C)Cc1cccc2ncccc12. The van der Waals surface area contributed by atoms with Gasteiger partial charge in [-0.15, -0.1) is 11.8 Å². The van der Waals surface area contributed by atoms with E-state index in [0.717, 1.165) is 21.5 Å². The summed E-state index contributed by atoms with van der Waals surface area (Å²) in [6.07, 6.45) is 5.41. The minimum Gasteiger partial charge on any atom is -0.337 e. The second kappa shape index (κ2) is 6.79. The smallest absolute Gasteiger partial charge is 0.256 e. The zero-order chi connectivity index (χ0) is 16.2. The van der Waals surface area contributed by atoms with Crippen molar-refractivity contribution >= 4 is 28.6 Å². The summed E-state index contributed by atoms with van der Waals surface area (Å²) in [5.74, 6) is -0.0247. The Morgan fingerprint density at radius 2 is 1.87 bits per heavy atom. The number of hydrogen-bond donors (Lipinski definition) is 0. The lowest BCUT2D eigenvalue weighted by molar-refractivity contribution is 0.0781. The third-order valence-electron chi connectivity index (χ3n) is 3.69. The number of carbonyl (C=O) groups is 1. The third-order valence-corrected chi connectivity index (χ3v) is 4.40. The van der Waals surface area contributed by atoms with E-state index in [4.69, 9.17) is 0 Å². The molecule has 116 valence electrons. The summed E-state index contributed by atoms with van der Waals surface area (Å²) in [6, 6.07) is 13.6. The highest BCUT2D eigenvalue weighted by Crippen LogP contribution is 2.21. The molecular formula is C18H17N3OS. The molecule has 2 aromatic heterocycles. The van der Waals surface area contributed by atoms with Crippen LogP contribution in [0.25, 0.3) is 10.9 Å². The van der Waals surface area contributed by atoms with Crippen LogP contribution >= 0.6 is 11.8 Å². The molecule has 0 saturated heterocycles. The molecule has 0 aliphatic heterocycles. The molecule has 0 unspecified atom stereocenters. The fraction of sp³-hybridized carbons (Fsp3) is 0.167. The van der Waals surface area contributed by atoms with Gasteiger partial charge in [0.25, 0.3) is 5.91 Å². The summed E-state index contributed by atoms with van der Waals surface area (Å²) in [5.41, 5.74) is 2.67. The number of rotatable bonds is 4. The molecule has 2 heterocycles. The molecule has 1 aromatic carbocycles. The van der Waals surface area contributed by atoms with Crippen LogP contribution in [0.4, 0.5) is 0 Å². The first kappa shape index (κ1) is 15.5. The van der Waals surface area contributed by atoms with Gasteiger partial charge in [-0.25, -0.2) is 4.98 Å². The van der Waals surface area contributed by atoms with Gasteiger partial charge in [0.1, 0.15) is 5.03 Å². The van der Waals surface area contributed by atoms with Crippen molar-refractivity contribution in [2.45, 2.75) is 11.6 Å². The van der Waals surface area contributed by atoms with Crippen molar-refractivity contribution in [3.8, 4) is 0 Å². The van der Waals surface area contributed by atoms with E-state index in [1.54, 1.807) is 23.4 Å². The Balaban J connectivity index is 1.88. The molecule has 0 N–H and O–H groups in total. The van der Waals surface area contributed by atoms with Gasteiger partial charge in [-0.2, -0.15) is 0 Å². The number of thioether (sulfide) groups is 1. The van der Waals surface area contributed by atoms with Crippen molar-refractivity contribution in [2.24, 2.45) is 0 Å². The van der Waals surface area contributed by atoms with Crippen LogP contribution in [0.2, 0.25) is 0 Å². The number of carbonyl (C=O) groups excluding carboxylic acids is 1. The van der Waals surface area contributed by atoms with Gasteiger partial charge in [0.15, 0.2) is 0 Å². The average molecular weight is 323 g/mol. The monoisotopic (exact) mass is 323 g/mol. The lowest BCUT2D eigenvalue weighted by Gasteiger charge is -2.19. The molecule has 3 aromatic rings. The molecular weight excluding hydrogens is 306 g/mol. The molecule has 0 aliphatic carbocycles. The number of benzene rings is 1. The quantitative estimate of drug-likeness (QED) is 0.688. The molecule has 0 saturated carbocycles. The lowest BCUT2D eigenvalue weighted by Crippen LogP contribution is -2.27. The molecule has 0 aliphatic rings. The number of aromatic nitrogens is 2. The van der Waals surface area contributed by atoms with Gasteiger partial charge < -0.3 is 4.90 Å². The number of hydrogen-bond acceptors (Lipinski definition) is 4. The van der Waals surface area contributed by atoms with Gasteiger partial charge >= 0.3 is 0 Å². The van der Waals surface area contributed by atoms with Crippen molar-refractivity contribution in [3.63, 3.8) is 0 Å². The van der Waals surface area contributed by atoms with Gasteiger partial charge in [0, 0.05) is 31.4 Å². The van der Waals surface area contributed by atoms with Crippen LogP contribution in [0.3, 0.4) is 0 Å². The largest absolute Gasteiger partial charge is 0.337 e. The molecule has 0 spiro atoms. The van der Waals surface area contributed by atoms with E-state index < -0.39 is 0 Å². The molecule has 4 nitrogen and oxygen atoms in total. The highest BCUT2D eigenvalue weighted by molar-refractivity contribution is 7.98. The topological polar surface area (TPSA) is 46.1 Å². The Hall–Kier alpha value is -2.40. The molecule has 23 heavy (non-hydrogen) atoms. The van der Waals surface area contributed by atoms with Crippen LogP contribution in [0.1, 0.15) is 15.9 Å². The average Bonchev–Trinajstić information content (AvgIpc) is 2.61. The van der Waals surface area contributed by atoms with Crippen molar-refractivity contribution in [3.05, 3.63) is 66.0 Å². The predicted octanol–water partition coefficient (Wildman–Crippen LogP) is 3.62. The molecule has 0 radical (unpaired) electrons. The second-order valence-corrected chi connectivity index (χ2v) is 6.00. The van der Waals surface area contributed by atoms with Gasteiger partial charge in [0.05, 0.1) is 11.1 Å². The highest BCUT2D eigenvalue weighted by atomic mass is 32.2. The van der Waals surface area contributed by atoms with Crippen LogP contribution in [0.5, 0.6) is 0 Å². The Labute approximate surface area is 139 Å². The van der Waals surface area contributed by atoms with E-state index >= 15 is 0 Å². The first-order valence-corrected chi connectivity index (χ1v) is 8.50. The Kier molecular flexibility index (Phi) is 4.57. The number of pyridine rings is 2. The summed E-state index contributed by atoms with van der Waals surface area (Å²) < 4.78 is 0. The standard InChI is InChI=1S/C18H17N3OS/c1-21(18(22)15-8-5-11-20-17(15)23-2)12-13-6-3-9-16-14(13)7-4-10-19-16/h3-11H,12H2,1-2H3. The number of nitrogens with zero attached hydrogens (tertiary/aromatic N) is 3. The van der Waals surface area contributed by atoms with Crippen LogP contribution in [0, 0.1) is 0 Å². The third kappa shape index (κ3) is 3.19. The van der Waals surface area contributed by atoms with Gasteiger partial charge in [-0.05, 0) is 36.1 Å². The fourth-order valence-electron chi connectivity index (χ4n) is 2.55. The summed E-state index contributed by atoms with van der Waals surface area (Å²) in [4.78, 5) is 23.1. The van der Waals surface area contributed by atoms with E-state index in [1.165, 1.54) is 11.8 Å². The highest BCUT2D eigenvalue weighted by Gasteiger charge is 2.17. The first-order chi connectivity index (χ1) is 11.2. The fourth-order valence-corrected chi connectivity index (χ4v) is 3.10. The zero-order valence-corrected chi connectivity index (χ0v) is 13.9. The first-order valence-electron chi connectivity index (χ1n) is 7.28. The van der Waals surface area contributed by atoms with Crippen LogP contribution in [-0.2, 0) is 6.54 Å². The Morgan fingerprint density at radius 1 is 1.09 bits per heavy atom. The van der Waals surface area contributed by atoms with E-state index in [9.17, 15) is 4.79 Å². The minimum atomic E-state index is -0.0247. The van der Waals surface area contributed by atoms with Gasteiger partial charge in [-0.3, -0.25) is 9.78 Å². The summed E-state index contributed by atoms with van der Waals surface area (Å²) in [5, 5.41) is 1.83. The lowest BCUT2D eigenvalue weighted by atomic mass is 10.1. The van der Waals surface area contributed by atoms with Crippen LogP contribution in [0.15, 0.2) is 59.9 Å². The maximum absolute atomic E-state index is 12.7. The molecule has 5 heteroatoms. The number of fused-ring (bicyclic) bond motifs is 1. The Morgan fingerprint density at radius 3 is 2.70 bits per heavy atom. The van der Waals surface area contributed by atoms with E-state index in [-0.39, 0.29) is 5.91 Å². The summed E-state index contributed by atoms with van der Waals surface area (Å²) >= 11 is 1.48. The van der Waals surface area contributed by atoms with E-state index in [1.807, 2.05) is 49.7 Å². The predicted molar refractivity (Wildman–Crippen MR) is 93.6 cm³/mol. The second-order valence-electron chi connectivity index (χ2n) is 5.21. The molecule has 1 amide bonds. The van der Waals surface area contributed by atoms with Gasteiger partial charge in [-0.1, -0.05) is 18.2 Å². The van der Waals surface area contributed by atoms with E-state index in [2.05, 4.69) is 9.97 Å². The Bertz CT molecular complexity index is 845. The van der Waals surface area contributed by atoms with Crippen molar-refractivity contribution in [2.75, 3.05) is 13.3 Å². The van der Waals surface area contributed by atoms with Crippen molar-refractivity contribution in [1.82, 2.24) is 14.9 Å². The summed E-state index contributed by atoms with van der Waals surface area (Å²) in [6.45, 7) is 0.532. The maximum atomic E-state index is 12.7. The van der Waals surface area contributed by atoms with Crippen LogP contribution in [-0.4, -0.2) is 34.1 Å². The summed E-state index contributed by atoms with van der Waals surface area (Å²) in [7, 11) is 1.81. The zero-order valence-electron chi connectivity index (χ0n) is 13.1. The van der Waals surface area contributed by atoms with Crippen molar-refractivity contribution < 1.29 is 4.79 Å². The van der Waals surface area contributed by atoms with E-state index in [0.29, 0.717) is 12.1 Å². The molecule has 0 bridgehead atoms.